The van der Waals surface area contributed by atoms with Crippen molar-refractivity contribution < 1.29 is 0 Å². The first-order chi connectivity index (χ1) is 5.83. The van der Waals surface area contributed by atoms with E-state index in [1.165, 1.54) is 5.52 Å². The van der Waals surface area contributed by atoms with E-state index in [-0.39, 0.29) is 0 Å². The van der Waals surface area contributed by atoms with E-state index >= 15 is 0 Å². The molecule has 0 atom stereocenters. The molecule has 0 amide bonds. The number of halogens is 1. The molecular formula is C9H9IN2. The fourth-order valence-electron chi connectivity index (χ4n) is 1.31. The first kappa shape index (κ1) is 8.04. The Morgan fingerprint density at radius 1 is 1.50 bits per heavy atom. The van der Waals surface area contributed by atoms with Gasteiger partial charge in [-0.1, -0.05) is 13.0 Å². The number of imidazole rings is 1. The predicted molar refractivity (Wildman–Crippen MR) is 57.3 cm³/mol. The molecule has 0 saturated heterocycles. The molecule has 2 aromatic heterocycles. The topological polar surface area (TPSA) is 17.3 Å². The number of aryl methyl sites for hydroxylation is 1. The third-order valence-electron chi connectivity index (χ3n) is 1.89. The second-order valence-electron chi connectivity index (χ2n) is 2.63. The zero-order valence-corrected chi connectivity index (χ0v) is 8.95. The van der Waals surface area contributed by atoms with E-state index in [0.29, 0.717) is 0 Å². The van der Waals surface area contributed by atoms with Crippen LogP contribution in [0.15, 0.2) is 24.4 Å². The summed E-state index contributed by atoms with van der Waals surface area (Å²) < 4.78 is 3.23. The molecule has 2 rings (SSSR count). The molecule has 3 heteroatoms. The molecule has 0 saturated carbocycles. The lowest BCUT2D eigenvalue weighted by atomic mass is 10.4. The van der Waals surface area contributed by atoms with Crippen molar-refractivity contribution in [2.24, 2.45) is 0 Å². The molecule has 0 aliphatic carbocycles. The van der Waals surface area contributed by atoms with Gasteiger partial charge in [0.05, 0.1) is 5.52 Å². The maximum absolute atomic E-state index is 4.46. The number of nitrogens with zero attached hydrogens (tertiary/aromatic N) is 2. The molecule has 0 aliphatic rings. The number of hydrogen-bond acceptors (Lipinski definition) is 1. The standard InChI is InChI=1S/C9H9IN2/c1-2-8-11-9(10)7-5-3-4-6-12(7)8/h3-6H,2H2,1H3. The van der Waals surface area contributed by atoms with E-state index in [2.05, 4.69) is 51.2 Å². The van der Waals surface area contributed by atoms with Crippen LogP contribution in [0.2, 0.25) is 0 Å². The highest BCUT2D eigenvalue weighted by Crippen LogP contribution is 2.14. The van der Waals surface area contributed by atoms with Crippen molar-refractivity contribution in [1.29, 1.82) is 0 Å². The second kappa shape index (κ2) is 3.05. The summed E-state index contributed by atoms with van der Waals surface area (Å²) in [5.41, 5.74) is 1.20. The zero-order valence-electron chi connectivity index (χ0n) is 6.79. The van der Waals surface area contributed by atoms with Crippen LogP contribution >= 0.6 is 22.6 Å². The molecule has 0 radical (unpaired) electrons. The van der Waals surface area contributed by atoms with Crippen LogP contribution in [0.5, 0.6) is 0 Å². The number of aromatic nitrogens is 2. The van der Waals surface area contributed by atoms with Crippen LogP contribution in [-0.2, 0) is 6.42 Å². The molecule has 12 heavy (non-hydrogen) atoms. The Morgan fingerprint density at radius 3 is 3.08 bits per heavy atom. The maximum atomic E-state index is 4.46. The van der Waals surface area contributed by atoms with Crippen molar-refractivity contribution in [3.63, 3.8) is 0 Å². The minimum Gasteiger partial charge on any atom is -0.303 e. The van der Waals surface area contributed by atoms with E-state index < -0.39 is 0 Å². The number of rotatable bonds is 1. The highest BCUT2D eigenvalue weighted by atomic mass is 127. The van der Waals surface area contributed by atoms with Crippen molar-refractivity contribution >= 4 is 28.1 Å². The molecule has 0 N–H and O–H groups in total. The van der Waals surface area contributed by atoms with E-state index in [9.17, 15) is 0 Å². The third-order valence-corrected chi connectivity index (χ3v) is 2.69. The monoisotopic (exact) mass is 272 g/mol. The highest BCUT2D eigenvalue weighted by molar-refractivity contribution is 14.1. The van der Waals surface area contributed by atoms with Crippen LogP contribution in [0.1, 0.15) is 12.7 Å². The van der Waals surface area contributed by atoms with Gasteiger partial charge in [-0.25, -0.2) is 4.98 Å². The minimum atomic E-state index is 0.980. The van der Waals surface area contributed by atoms with Gasteiger partial charge in [-0.2, -0.15) is 0 Å². The summed E-state index contributed by atoms with van der Waals surface area (Å²) in [4.78, 5) is 4.46. The summed E-state index contributed by atoms with van der Waals surface area (Å²) >= 11 is 2.27. The molecule has 0 aliphatic heterocycles. The minimum absolute atomic E-state index is 0.980. The summed E-state index contributed by atoms with van der Waals surface area (Å²) in [7, 11) is 0. The molecule has 2 heterocycles. The normalized spacial score (nSPS) is 10.8. The predicted octanol–water partition coefficient (Wildman–Crippen LogP) is 2.50. The van der Waals surface area contributed by atoms with E-state index in [0.717, 1.165) is 15.9 Å². The van der Waals surface area contributed by atoms with Crippen molar-refractivity contribution in [1.82, 2.24) is 9.38 Å². The SMILES string of the molecule is CCc1nc(I)c2ccccn12. The van der Waals surface area contributed by atoms with Gasteiger partial charge in [-0.05, 0) is 34.7 Å². The lowest BCUT2D eigenvalue weighted by molar-refractivity contribution is 0.931. The zero-order chi connectivity index (χ0) is 8.55. The molecule has 0 unspecified atom stereocenters. The van der Waals surface area contributed by atoms with Gasteiger partial charge in [0.1, 0.15) is 9.53 Å². The van der Waals surface area contributed by atoms with Gasteiger partial charge in [-0.15, -0.1) is 0 Å². The molecule has 0 spiro atoms. The highest BCUT2D eigenvalue weighted by Gasteiger charge is 2.04. The third kappa shape index (κ3) is 1.12. The average Bonchev–Trinajstić information content (AvgIpc) is 2.44. The van der Waals surface area contributed by atoms with Crippen molar-refractivity contribution in [2.45, 2.75) is 13.3 Å². The lowest BCUT2D eigenvalue weighted by Gasteiger charge is -1.95. The lowest BCUT2D eigenvalue weighted by Crippen LogP contribution is -1.90. The largest absolute Gasteiger partial charge is 0.303 e. The Labute approximate surface area is 84.8 Å². The summed E-state index contributed by atoms with van der Waals surface area (Å²) in [5, 5.41) is 0. The van der Waals surface area contributed by atoms with E-state index in [1.807, 2.05) is 12.1 Å². The molecule has 2 nitrogen and oxygen atoms in total. The summed E-state index contributed by atoms with van der Waals surface area (Å²) in [6, 6.07) is 6.16. The Morgan fingerprint density at radius 2 is 2.33 bits per heavy atom. The van der Waals surface area contributed by atoms with Gasteiger partial charge >= 0.3 is 0 Å². The molecule has 2 aromatic rings. The molecule has 0 bridgehead atoms. The van der Waals surface area contributed by atoms with Crippen LogP contribution in [0.4, 0.5) is 0 Å². The Hall–Kier alpha value is -0.580. The van der Waals surface area contributed by atoms with Gasteiger partial charge in [0.25, 0.3) is 0 Å². The van der Waals surface area contributed by atoms with E-state index in [1.54, 1.807) is 0 Å². The molecule has 0 fully saturated rings. The van der Waals surface area contributed by atoms with Crippen molar-refractivity contribution in [3.8, 4) is 0 Å². The van der Waals surface area contributed by atoms with Crippen LogP contribution in [0, 0.1) is 3.70 Å². The van der Waals surface area contributed by atoms with Gasteiger partial charge < -0.3 is 4.40 Å². The summed E-state index contributed by atoms with van der Waals surface area (Å²) in [5.74, 6) is 1.13. The maximum Gasteiger partial charge on any atom is 0.127 e. The van der Waals surface area contributed by atoms with Gasteiger partial charge in [0.2, 0.25) is 0 Å². The molecular weight excluding hydrogens is 263 g/mol. The fraction of sp³-hybridized carbons (Fsp3) is 0.222. The van der Waals surface area contributed by atoms with Crippen LogP contribution in [0.3, 0.4) is 0 Å². The van der Waals surface area contributed by atoms with Crippen LogP contribution in [0.25, 0.3) is 5.52 Å². The first-order valence-corrected chi connectivity index (χ1v) is 5.02. The van der Waals surface area contributed by atoms with Gasteiger partial charge in [0.15, 0.2) is 0 Å². The summed E-state index contributed by atoms with van der Waals surface area (Å²) in [6.45, 7) is 2.12. The van der Waals surface area contributed by atoms with Gasteiger partial charge in [0, 0.05) is 12.6 Å². The quantitative estimate of drug-likeness (QED) is 0.729. The molecule has 0 aromatic carbocycles. The Balaban J connectivity index is 2.82. The Kier molecular flexibility index (Phi) is 2.04. The number of hydrogen-bond donors (Lipinski definition) is 0. The second-order valence-corrected chi connectivity index (χ2v) is 3.65. The van der Waals surface area contributed by atoms with Crippen LogP contribution < -0.4 is 0 Å². The number of fused-ring (bicyclic) bond motifs is 1. The van der Waals surface area contributed by atoms with Crippen LogP contribution in [-0.4, -0.2) is 9.38 Å². The smallest absolute Gasteiger partial charge is 0.127 e. The van der Waals surface area contributed by atoms with Gasteiger partial charge in [-0.3, -0.25) is 0 Å². The average molecular weight is 272 g/mol. The summed E-state index contributed by atoms with van der Waals surface area (Å²) in [6.07, 6.45) is 3.04. The molecule has 62 valence electrons. The van der Waals surface area contributed by atoms with Crippen molar-refractivity contribution in [3.05, 3.63) is 33.9 Å². The van der Waals surface area contributed by atoms with E-state index in [4.69, 9.17) is 0 Å². The Bertz CT molecular complexity index is 406. The first-order valence-electron chi connectivity index (χ1n) is 3.94. The number of pyridine rings is 1. The van der Waals surface area contributed by atoms with Crippen molar-refractivity contribution in [2.75, 3.05) is 0 Å². The fourth-order valence-corrected chi connectivity index (χ4v) is 2.03.